The van der Waals surface area contributed by atoms with Gasteiger partial charge in [-0.1, -0.05) is 41.6 Å². The van der Waals surface area contributed by atoms with E-state index in [1.165, 1.54) is 50.3 Å². The van der Waals surface area contributed by atoms with E-state index in [1.54, 1.807) is 11.3 Å². The molecule has 25 heavy (non-hydrogen) atoms. The minimum atomic E-state index is -0.823. The van der Waals surface area contributed by atoms with Crippen LogP contribution < -0.4 is 10.3 Å². The molecule has 1 aromatic heterocycles. The highest BCUT2D eigenvalue weighted by Gasteiger charge is 2.30. The van der Waals surface area contributed by atoms with Crippen LogP contribution in [0.5, 0.6) is 0 Å². The first kappa shape index (κ1) is 16.5. The molecule has 0 saturated carbocycles. The van der Waals surface area contributed by atoms with Crippen molar-refractivity contribution < 1.29 is 9.90 Å². The van der Waals surface area contributed by atoms with Gasteiger partial charge in [0.15, 0.2) is 5.17 Å². The number of fused-ring (bicyclic) bond motifs is 1. The number of hydrogen-bond acceptors (Lipinski definition) is 6. The van der Waals surface area contributed by atoms with E-state index in [-0.39, 0.29) is 5.75 Å². The third kappa shape index (κ3) is 3.14. The van der Waals surface area contributed by atoms with Gasteiger partial charge in [-0.15, -0.1) is 11.3 Å². The molecular weight excluding hydrogens is 354 g/mol. The van der Waals surface area contributed by atoms with Crippen molar-refractivity contribution >= 4 is 39.2 Å². The lowest BCUT2D eigenvalue weighted by molar-refractivity contribution is -0.133. The number of nitrogens with one attached hydrogen (secondary N) is 1. The number of amidine groups is 1. The Morgan fingerprint density at radius 3 is 2.84 bits per heavy atom. The van der Waals surface area contributed by atoms with Gasteiger partial charge in [0.05, 0.1) is 5.75 Å². The summed E-state index contributed by atoms with van der Waals surface area (Å²) in [6.45, 7) is 2.70. The van der Waals surface area contributed by atoms with E-state index < -0.39 is 5.97 Å². The molecule has 2 aliphatic rings. The normalized spacial score (nSPS) is 15.9. The minimum Gasteiger partial charge on any atom is -0.481 e. The number of nitrogens with zero attached hydrogens (tertiary/aromatic N) is 2. The second-order valence-electron chi connectivity index (χ2n) is 6.23. The van der Waals surface area contributed by atoms with Gasteiger partial charge < -0.3 is 5.11 Å². The number of thioether (sulfide) groups is 1. The largest absolute Gasteiger partial charge is 0.481 e. The van der Waals surface area contributed by atoms with Gasteiger partial charge in [0.2, 0.25) is 0 Å². The predicted octanol–water partition coefficient (Wildman–Crippen LogP) is 3.67. The van der Waals surface area contributed by atoms with E-state index >= 15 is 0 Å². The number of aliphatic carboxylic acids is 1. The van der Waals surface area contributed by atoms with Crippen molar-refractivity contribution in [3.63, 3.8) is 0 Å². The average Bonchev–Trinajstić information content (AvgIpc) is 3.30. The number of rotatable bonds is 4. The number of carboxylic acid groups (broad SMARTS) is 1. The molecule has 7 heteroatoms. The van der Waals surface area contributed by atoms with E-state index in [4.69, 9.17) is 5.11 Å². The second kappa shape index (κ2) is 6.72. The van der Waals surface area contributed by atoms with Crippen LogP contribution in [0.15, 0.2) is 29.4 Å². The van der Waals surface area contributed by atoms with Crippen molar-refractivity contribution in [3.05, 3.63) is 41.0 Å². The van der Waals surface area contributed by atoms with Gasteiger partial charge in [-0.2, -0.15) is 5.10 Å². The fourth-order valence-electron chi connectivity index (χ4n) is 3.30. The summed E-state index contributed by atoms with van der Waals surface area (Å²) in [6, 6.07) is 8.70. The summed E-state index contributed by atoms with van der Waals surface area (Å²) < 4.78 is 0. The Hall–Kier alpha value is -1.99. The fraction of sp³-hybridized carbons (Fsp3) is 0.333. The first-order valence-corrected chi connectivity index (χ1v) is 10.1. The Kier molecular flexibility index (Phi) is 4.43. The Morgan fingerprint density at radius 2 is 2.08 bits per heavy atom. The van der Waals surface area contributed by atoms with Gasteiger partial charge in [0.1, 0.15) is 11.7 Å². The standard InChI is InChI=1S/C18H19N3O2S2/c1-11-5-7-12(8-6-11)16-13-3-2-4-14(13)17(25-16)21-10-19-20-18(21)24-9-15(22)23/h5-8,19H,2-4,9-10H2,1H3,(H,22,23). The molecule has 0 unspecified atom stereocenters. The van der Waals surface area contributed by atoms with Gasteiger partial charge >= 0.3 is 5.97 Å². The zero-order valence-corrected chi connectivity index (χ0v) is 15.5. The summed E-state index contributed by atoms with van der Waals surface area (Å²) in [5, 5.41) is 15.2. The molecule has 0 saturated heterocycles. The molecule has 1 aromatic carbocycles. The molecule has 1 aliphatic heterocycles. The summed E-state index contributed by atoms with van der Waals surface area (Å²) in [5.74, 6) is -0.800. The van der Waals surface area contributed by atoms with Crippen molar-refractivity contribution in [3.8, 4) is 10.4 Å². The van der Waals surface area contributed by atoms with Crippen LogP contribution in [0.25, 0.3) is 10.4 Å². The number of carboxylic acids is 1. The quantitative estimate of drug-likeness (QED) is 0.856. The highest BCUT2D eigenvalue weighted by molar-refractivity contribution is 8.14. The van der Waals surface area contributed by atoms with Crippen LogP contribution in [-0.2, 0) is 17.6 Å². The van der Waals surface area contributed by atoms with Crippen LogP contribution in [0.1, 0.15) is 23.1 Å². The monoisotopic (exact) mass is 373 g/mol. The third-order valence-corrected chi connectivity index (χ3v) is 6.77. The topological polar surface area (TPSA) is 64.9 Å². The zero-order chi connectivity index (χ0) is 17.4. The molecule has 0 amide bonds. The summed E-state index contributed by atoms with van der Waals surface area (Å²) in [4.78, 5) is 14.4. The molecule has 1 aliphatic carbocycles. The maximum atomic E-state index is 10.9. The predicted molar refractivity (Wildman–Crippen MR) is 105 cm³/mol. The lowest BCUT2D eigenvalue weighted by Crippen LogP contribution is -2.28. The molecule has 130 valence electrons. The second-order valence-corrected chi connectivity index (χ2v) is 8.18. The number of anilines is 1. The van der Waals surface area contributed by atoms with Gasteiger partial charge in [-0.25, -0.2) is 0 Å². The number of hydrazone groups is 1. The van der Waals surface area contributed by atoms with Crippen LogP contribution in [0.3, 0.4) is 0 Å². The van der Waals surface area contributed by atoms with Crippen LogP contribution >= 0.6 is 23.1 Å². The van der Waals surface area contributed by atoms with Crippen LogP contribution in [0, 0.1) is 6.92 Å². The van der Waals surface area contributed by atoms with E-state index in [1.807, 2.05) is 0 Å². The van der Waals surface area contributed by atoms with Gasteiger partial charge in [0, 0.05) is 4.88 Å². The maximum absolute atomic E-state index is 10.9. The summed E-state index contributed by atoms with van der Waals surface area (Å²) >= 11 is 3.07. The maximum Gasteiger partial charge on any atom is 0.313 e. The Morgan fingerprint density at radius 1 is 1.32 bits per heavy atom. The number of aryl methyl sites for hydroxylation is 1. The zero-order valence-electron chi connectivity index (χ0n) is 13.9. The Balaban J connectivity index is 1.69. The molecule has 2 aromatic rings. The minimum absolute atomic E-state index is 0.0232. The van der Waals surface area contributed by atoms with Crippen molar-refractivity contribution in [1.82, 2.24) is 5.43 Å². The van der Waals surface area contributed by atoms with Gasteiger partial charge in [-0.05, 0) is 42.9 Å². The molecular formula is C18H19N3O2S2. The summed E-state index contributed by atoms with van der Waals surface area (Å²) in [5.41, 5.74) is 8.40. The first-order chi connectivity index (χ1) is 12.1. The van der Waals surface area contributed by atoms with Crippen molar-refractivity contribution in [1.29, 1.82) is 0 Å². The summed E-state index contributed by atoms with van der Waals surface area (Å²) in [7, 11) is 0. The molecule has 0 atom stereocenters. The van der Waals surface area contributed by atoms with E-state index in [0.717, 1.165) is 18.0 Å². The molecule has 0 fully saturated rings. The van der Waals surface area contributed by atoms with Crippen molar-refractivity contribution in [2.24, 2.45) is 5.10 Å². The number of benzene rings is 1. The smallest absolute Gasteiger partial charge is 0.313 e. The van der Waals surface area contributed by atoms with Crippen LogP contribution in [0.2, 0.25) is 0 Å². The van der Waals surface area contributed by atoms with Crippen LogP contribution in [0.4, 0.5) is 5.00 Å². The van der Waals surface area contributed by atoms with Gasteiger partial charge in [0.25, 0.3) is 0 Å². The molecule has 2 heterocycles. The number of carbonyl (C=O) groups is 1. The fourth-order valence-corrected chi connectivity index (χ4v) is 5.46. The number of hydrogen-bond donors (Lipinski definition) is 2. The molecule has 0 bridgehead atoms. The van der Waals surface area contributed by atoms with Crippen molar-refractivity contribution in [2.45, 2.75) is 26.2 Å². The molecule has 5 nitrogen and oxygen atoms in total. The lowest BCUT2D eigenvalue weighted by atomic mass is 10.1. The molecule has 2 N–H and O–H groups in total. The van der Waals surface area contributed by atoms with Crippen LogP contribution in [-0.4, -0.2) is 28.7 Å². The highest BCUT2D eigenvalue weighted by Crippen LogP contribution is 2.47. The third-order valence-electron chi connectivity index (χ3n) is 4.47. The SMILES string of the molecule is Cc1ccc(-c2sc(N3CNN=C3SCC(=O)O)c3c2CCC3)cc1. The molecule has 4 rings (SSSR count). The average molecular weight is 374 g/mol. The number of thiophene rings is 1. The first-order valence-electron chi connectivity index (χ1n) is 8.28. The molecule has 0 spiro atoms. The lowest BCUT2D eigenvalue weighted by Gasteiger charge is -2.17. The highest BCUT2D eigenvalue weighted by atomic mass is 32.2. The van der Waals surface area contributed by atoms with E-state index in [2.05, 4.69) is 46.6 Å². The Bertz CT molecular complexity index is 843. The Labute approximate surface area is 154 Å². The van der Waals surface area contributed by atoms with Gasteiger partial charge in [-0.3, -0.25) is 15.1 Å². The summed E-state index contributed by atoms with van der Waals surface area (Å²) in [6.07, 6.45) is 3.38. The van der Waals surface area contributed by atoms with E-state index in [9.17, 15) is 4.79 Å². The van der Waals surface area contributed by atoms with Crippen molar-refractivity contribution in [2.75, 3.05) is 17.3 Å². The molecule has 0 radical (unpaired) electrons. The van der Waals surface area contributed by atoms with E-state index in [0.29, 0.717) is 6.67 Å².